The maximum absolute atomic E-state index is 5.51. The minimum atomic E-state index is 0.156. The average Bonchev–Trinajstić information content (AvgIpc) is 2.46. The third-order valence-electron chi connectivity index (χ3n) is 3.78. The van der Waals surface area contributed by atoms with Crippen LogP contribution in [0.2, 0.25) is 0 Å². The topological polar surface area (TPSA) is 39.7 Å². The van der Waals surface area contributed by atoms with Crippen molar-refractivity contribution >= 4 is 0 Å². The summed E-state index contributed by atoms with van der Waals surface area (Å²) >= 11 is 0. The molecule has 0 saturated carbocycles. The number of fused-ring (bicyclic) bond motifs is 1. The molecule has 2 unspecified atom stereocenters. The molecule has 2 atom stereocenters. The summed E-state index contributed by atoms with van der Waals surface area (Å²) in [5, 5.41) is 3.63. The first-order chi connectivity index (χ1) is 9.24. The normalized spacial score (nSPS) is 21.9. The lowest BCUT2D eigenvalue weighted by molar-refractivity contribution is 0.153. The number of ether oxygens (including phenoxy) is 3. The Hall–Kier alpha value is -1.26. The van der Waals surface area contributed by atoms with Gasteiger partial charge in [0.05, 0.1) is 26.9 Å². The van der Waals surface area contributed by atoms with Gasteiger partial charge in [-0.2, -0.15) is 0 Å². The predicted molar refractivity (Wildman–Crippen MR) is 75.1 cm³/mol. The highest BCUT2D eigenvalue weighted by molar-refractivity contribution is 5.52. The zero-order chi connectivity index (χ0) is 13.8. The van der Waals surface area contributed by atoms with E-state index in [1.807, 2.05) is 12.1 Å². The monoisotopic (exact) mass is 265 g/mol. The molecule has 19 heavy (non-hydrogen) atoms. The lowest BCUT2D eigenvalue weighted by Gasteiger charge is -2.34. The van der Waals surface area contributed by atoms with Crippen LogP contribution in [-0.2, 0) is 11.2 Å². The molecule has 0 aromatic heterocycles. The van der Waals surface area contributed by atoms with E-state index in [0.29, 0.717) is 12.6 Å². The second-order valence-corrected chi connectivity index (χ2v) is 4.85. The van der Waals surface area contributed by atoms with Crippen LogP contribution in [0.4, 0.5) is 0 Å². The molecule has 1 aliphatic rings. The van der Waals surface area contributed by atoms with E-state index in [2.05, 4.69) is 12.2 Å². The molecule has 0 amide bonds. The summed E-state index contributed by atoms with van der Waals surface area (Å²) in [5.74, 6) is 1.84. The van der Waals surface area contributed by atoms with E-state index in [0.717, 1.165) is 24.3 Å². The van der Waals surface area contributed by atoms with E-state index < -0.39 is 0 Å². The molecule has 0 radical (unpaired) electrons. The van der Waals surface area contributed by atoms with Gasteiger partial charge in [0, 0.05) is 24.3 Å². The summed E-state index contributed by atoms with van der Waals surface area (Å²) in [4.78, 5) is 0. The Balaban J connectivity index is 2.49. The second kappa shape index (κ2) is 6.26. The van der Waals surface area contributed by atoms with Crippen LogP contribution in [-0.4, -0.2) is 34.0 Å². The molecule has 0 saturated heterocycles. The van der Waals surface area contributed by atoms with Crippen LogP contribution in [0.1, 0.15) is 30.5 Å². The summed E-state index contributed by atoms with van der Waals surface area (Å²) in [5.41, 5.74) is 2.42. The highest BCUT2D eigenvalue weighted by atomic mass is 16.5. The Bertz CT molecular complexity index is 434. The van der Waals surface area contributed by atoms with Gasteiger partial charge in [-0.3, -0.25) is 0 Å². The molecule has 2 rings (SSSR count). The number of hydrogen-bond donors (Lipinski definition) is 1. The Kier molecular flexibility index (Phi) is 4.66. The molecule has 4 heteroatoms. The third-order valence-corrected chi connectivity index (χ3v) is 3.78. The van der Waals surface area contributed by atoms with Gasteiger partial charge >= 0.3 is 0 Å². The number of methoxy groups -OCH3 is 3. The van der Waals surface area contributed by atoms with Crippen LogP contribution < -0.4 is 14.8 Å². The van der Waals surface area contributed by atoms with Gasteiger partial charge in [0.15, 0.2) is 0 Å². The van der Waals surface area contributed by atoms with Crippen LogP contribution in [0, 0.1) is 0 Å². The zero-order valence-electron chi connectivity index (χ0n) is 12.2. The molecule has 1 N–H and O–H groups in total. The van der Waals surface area contributed by atoms with Crippen molar-refractivity contribution in [2.45, 2.75) is 31.8 Å². The zero-order valence-corrected chi connectivity index (χ0v) is 12.2. The Morgan fingerprint density at radius 3 is 2.42 bits per heavy atom. The first-order valence-corrected chi connectivity index (χ1v) is 6.73. The quantitative estimate of drug-likeness (QED) is 0.887. The molecule has 106 valence electrons. The smallest absolute Gasteiger partial charge is 0.124 e. The van der Waals surface area contributed by atoms with Gasteiger partial charge in [0.2, 0.25) is 0 Å². The van der Waals surface area contributed by atoms with E-state index >= 15 is 0 Å². The van der Waals surface area contributed by atoms with Crippen LogP contribution in [0.15, 0.2) is 12.1 Å². The van der Waals surface area contributed by atoms with E-state index in [4.69, 9.17) is 14.2 Å². The van der Waals surface area contributed by atoms with Crippen LogP contribution in [0.5, 0.6) is 11.5 Å². The van der Waals surface area contributed by atoms with Crippen LogP contribution in [0.25, 0.3) is 0 Å². The summed E-state index contributed by atoms with van der Waals surface area (Å²) in [6.07, 6.45) is 2.05. The number of benzene rings is 1. The lowest BCUT2D eigenvalue weighted by atomic mass is 9.88. The van der Waals surface area contributed by atoms with Crippen molar-refractivity contribution in [2.24, 2.45) is 0 Å². The number of nitrogens with one attached hydrogen (secondary N) is 1. The van der Waals surface area contributed by atoms with E-state index in [1.54, 1.807) is 21.3 Å². The Morgan fingerprint density at radius 2 is 1.84 bits per heavy atom. The Morgan fingerprint density at radius 1 is 1.16 bits per heavy atom. The fraction of sp³-hybridized carbons (Fsp3) is 0.600. The minimum absolute atomic E-state index is 0.156. The van der Waals surface area contributed by atoms with Gasteiger partial charge < -0.3 is 19.5 Å². The van der Waals surface area contributed by atoms with E-state index in [1.165, 1.54) is 11.1 Å². The molecule has 1 aromatic carbocycles. The van der Waals surface area contributed by atoms with Gasteiger partial charge in [-0.05, 0) is 25.0 Å². The molecule has 0 bridgehead atoms. The fourth-order valence-electron chi connectivity index (χ4n) is 2.82. The molecule has 0 spiro atoms. The summed E-state index contributed by atoms with van der Waals surface area (Å²) in [6, 6.07) is 4.56. The van der Waals surface area contributed by atoms with E-state index in [9.17, 15) is 0 Å². The third kappa shape index (κ3) is 2.69. The van der Waals surface area contributed by atoms with Crippen molar-refractivity contribution < 1.29 is 14.2 Å². The van der Waals surface area contributed by atoms with Crippen molar-refractivity contribution in [3.05, 3.63) is 23.3 Å². The van der Waals surface area contributed by atoms with Gasteiger partial charge in [0.25, 0.3) is 0 Å². The van der Waals surface area contributed by atoms with Crippen LogP contribution >= 0.6 is 0 Å². The molecule has 1 aromatic rings. The van der Waals surface area contributed by atoms with Crippen molar-refractivity contribution in [3.8, 4) is 11.5 Å². The van der Waals surface area contributed by atoms with Crippen molar-refractivity contribution in [1.82, 2.24) is 5.32 Å². The highest BCUT2D eigenvalue weighted by Crippen LogP contribution is 2.39. The average molecular weight is 265 g/mol. The molecule has 0 fully saturated rings. The summed E-state index contributed by atoms with van der Waals surface area (Å²) in [6.45, 7) is 2.83. The van der Waals surface area contributed by atoms with Gasteiger partial charge in [-0.25, -0.2) is 0 Å². The minimum Gasteiger partial charge on any atom is -0.496 e. The van der Waals surface area contributed by atoms with Gasteiger partial charge in [-0.15, -0.1) is 0 Å². The molecule has 1 heterocycles. The molecular formula is C15H23NO3. The fourth-order valence-corrected chi connectivity index (χ4v) is 2.82. The highest BCUT2D eigenvalue weighted by Gasteiger charge is 2.30. The van der Waals surface area contributed by atoms with Crippen molar-refractivity contribution in [2.75, 3.05) is 27.9 Å². The number of rotatable bonds is 5. The molecule has 0 aliphatic carbocycles. The largest absolute Gasteiger partial charge is 0.496 e. The van der Waals surface area contributed by atoms with Crippen LogP contribution in [0.3, 0.4) is 0 Å². The Labute approximate surface area is 115 Å². The standard InChI is InChI=1S/C15H23NO3/c1-5-10-8-11-13(18-3)6-7-14(19-4)15(11)12(16-10)9-17-2/h6-7,10,12,16H,5,8-9H2,1-4H3. The predicted octanol–water partition coefficient (Wildman–Crippen LogP) is 2.32. The molecule has 4 nitrogen and oxygen atoms in total. The summed E-state index contributed by atoms with van der Waals surface area (Å²) < 4.78 is 16.4. The maximum Gasteiger partial charge on any atom is 0.124 e. The maximum atomic E-state index is 5.51. The van der Waals surface area contributed by atoms with E-state index in [-0.39, 0.29) is 6.04 Å². The SMILES string of the molecule is CCC1Cc2c(OC)ccc(OC)c2C(COC)N1. The first kappa shape index (κ1) is 14.2. The van der Waals surface area contributed by atoms with Gasteiger partial charge in [-0.1, -0.05) is 6.92 Å². The first-order valence-electron chi connectivity index (χ1n) is 6.73. The van der Waals surface area contributed by atoms with Gasteiger partial charge in [0.1, 0.15) is 11.5 Å². The summed E-state index contributed by atoms with van der Waals surface area (Å²) in [7, 11) is 5.15. The van der Waals surface area contributed by atoms with Crippen molar-refractivity contribution in [3.63, 3.8) is 0 Å². The molecule has 1 aliphatic heterocycles. The lowest BCUT2D eigenvalue weighted by Crippen LogP contribution is -2.41. The molecular weight excluding hydrogens is 242 g/mol. The second-order valence-electron chi connectivity index (χ2n) is 4.85. The van der Waals surface area contributed by atoms with Crippen molar-refractivity contribution in [1.29, 1.82) is 0 Å². The number of hydrogen-bond acceptors (Lipinski definition) is 4.